The van der Waals surface area contributed by atoms with Crippen LogP contribution < -0.4 is 4.74 Å². The van der Waals surface area contributed by atoms with Crippen molar-refractivity contribution in [3.63, 3.8) is 0 Å². The van der Waals surface area contributed by atoms with E-state index in [9.17, 15) is 34.1 Å². The molecule has 0 N–H and O–H groups in total. The van der Waals surface area contributed by atoms with Gasteiger partial charge in [0.25, 0.3) is 5.69 Å². The Kier molecular flexibility index (Phi) is 16.9. The van der Waals surface area contributed by atoms with E-state index < -0.39 is 35.3 Å². The minimum Gasteiger partial charge on any atom is -0.468 e. The van der Waals surface area contributed by atoms with Gasteiger partial charge in [0.05, 0.1) is 52.4 Å². The van der Waals surface area contributed by atoms with Crippen molar-refractivity contribution in [3.05, 3.63) is 70.3 Å². The van der Waals surface area contributed by atoms with Crippen LogP contribution in [-0.2, 0) is 44.7 Å². The van der Waals surface area contributed by atoms with Crippen molar-refractivity contribution in [2.45, 2.75) is 6.54 Å². The predicted octanol–water partition coefficient (Wildman–Crippen LogP) is 0.270. The standard InChI is InChI=1S/C34H46N6O11/c1-48-31(42)23-36-15-13-35(14-16-37(24-32(43)49-2)18-20-38(19-17-36)25-33(44)50-3)22-30(41)39(21-27-7-5-4-6-8-27)26-34(45)51-29-11-9-28(10-12-29)40(46)47/h4-12H,13-26H2,1-3H3. The molecule has 1 aliphatic heterocycles. The summed E-state index contributed by atoms with van der Waals surface area (Å²) in [4.78, 5) is 83.1. The zero-order chi connectivity index (χ0) is 37.2. The summed E-state index contributed by atoms with van der Waals surface area (Å²) in [7, 11) is 3.92. The Morgan fingerprint density at radius 3 is 1.43 bits per heavy atom. The van der Waals surface area contributed by atoms with Crippen LogP contribution >= 0.6 is 0 Å². The Bertz CT molecular complexity index is 1430. The van der Waals surface area contributed by atoms with Crippen LogP contribution in [0.4, 0.5) is 5.69 Å². The van der Waals surface area contributed by atoms with Gasteiger partial charge < -0.3 is 23.8 Å². The smallest absolute Gasteiger partial charge is 0.331 e. The normalized spacial score (nSPS) is 15.4. The number of nitro benzene ring substituents is 1. The number of carbonyl (C=O) groups excluding carboxylic acids is 5. The number of benzene rings is 2. The molecule has 0 aliphatic carbocycles. The summed E-state index contributed by atoms with van der Waals surface area (Å²) in [5.41, 5.74) is 0.628. The highest BCUT2D eigenvalue weighted by atomic mass is 16.6. The molecule has 0 unspecified atom stereocenters. The molecule has 0 saturated carbocycles. The SMILES string of the molecule is COC(=O)CN1CCN(CC(=O)OC)CCN(CC(=O)N(CC(=O)Oc2ccc([N+](=O)[O-])cc2)Cc2ccccc2)CCN(CC(=O)OC)CC1. The molecule has 0 bridgehead atoms. The van der Waals surface area contributed by atoms with Gasteiger partial charge in [-0.1, -0.05) is 30.3 Å². The number of nitrogens with zero attached hydrogens (tertiary/aromatic N) is 6. The van der Waals surface area contributed by atoms with Gasteiger partial charge >= 0.3 is 23.9 Å². The van der Waals surface area contributed by atoms with E-state index >= 15 is 0 Å². The van der Waals surface area contributed by atoms with Gasteiger partial charge in [-0.2, -0.15) is 0 Å². The minimum absolute atomic E-state index is 0.00651. The molecule has 278 valence electrons. The summed E-state index contributed by atoms with van der Waals surface area (Å²) >= 11 is 0. The lowest BCUT2D eigenvalue weighted by atomic mass is 10.2. The van der Waals surface area contributed by atoms with Crippen molar-refractivity contribution in [2.75, 3.05) is 106 Å². The number of hydrogen-bond donors (Lipinski definition) is 0. The van der Waals surface area contributed by atoms with Gasteiger partial charge in [0, 0.05) is 71.0 Å². The maximum atomic E-state index is 14.0. The second-order valence-corrected chi connectivity index (χ2v) is 11.8. The Morgan fingerprint density at radius 2 is 1.04 bits per heavy atom. The molecule has 3 rings (SSSR count). The summed E-state index contributed by atoms with van der Waals surface area (Å²) in [5, 5.41) is 11.0. The molecule has 0 radical (unpaired) electrons. The summed E-state index contributed by atoms with van der Waals surface area (Å²) in [6, 6.07) is 14.2. The summed E-state index contributed by atoms with van der Waals surface area (Å²) in [5.74, 6) is -2.28. The van der Waals surface area contributed by atoms with Crippen LogP contribution in [0.5, 0.6) is 5.75 Å². The number of hydrogen-bond acceptors (Lipinski definition) is 15. The Labute approximate surface area is 296 Å². The molecule has 1 heterocycles. The van der Waals surface area contributed by atoms with Crippen LogP contribution in [0.3, 0.4) is 0 Å². The van der Waals surface area contributed by atoms with E-state index in [-0.39, 0.29) is 50.1 Å². The van der Waals surface area contributed by atoms with Gasteiger partial charge in [-0.25, -0.2) is 4.79 Å². The first-order valence-electron chi connectivity index (χ1n) is 16.4. The average Bonchev–Trinajstić information content (AvgIpc) is 3.12. The highest BCUT2D eigenvalue weighted by Crippen LogP contribution is 2.18. The molecular weight excluding hydrogens is 668 g/mol. The second-order valence-electron chi connectivity index (χ2n) is 11.8. The van der Waals surface area contributed by atoms with Crippen LogP contribution in [-0.4, -0.2) is 166 Å². The molecule has 1 fully saturated rings. The number of amides is 1. The largest absolute Gasteiger partial charge is 0.468 e. The van der Waals surface area contributed by atoms with Gasteiger partial charge in [-0.05, 0) is 17.7 Å². The summed E-state index contributed by atoms with van der Waals surface area (Å²) in [6.45, 7) is 2.70. The monoisotopic (exact) mass is 714 g/mol. The number of esters is 4. The molecule has 2 aromatic carbocycles. The molecule has 1 saturated heterocycles. The summed E-state index contributed by atoms with van der Waals surface area (Å²) < 4.78 is 20.1. The molecule has 0 spiro atoms. The first-order chi connectivity index (χ1) is 24.5. The van der Waals surface area contributed by atoms with Crippen LogP contribution in [0.15, 0.2) is 54.6 Å². The zero-order valence-corrected chi connectivity index (χ0v) is 29.3. The molecule has 17 heteroatoms. The third-order valence-corrected chi connectivity index (χ3v) is 8.20. The fourth-order valence-electron chi connectivity index (χ4n) is 5.24. The quantitative estimate of drug-likeness (QED) is 0.0855. The average molecular weight is 715 g/mol. The van der Waals surface area contributed by atoms with Gasteiger partial charge in [0.2, 0.25) is 5.91 Å². The third-order valence-electron chi connectivity index (χ3n) is 8.20. The molecule has 2 aromatic rings. The molecule has 1 aliphatic rings. The number of nitro groups is 1. The molecule has 0 aromatic heterocycles. The predicted molar refractivity (Wildman–Crippen MR) is 182 cm³/mol. The van der Waals surface area contributed by atoms with Crippen molar-refractivity contribution in [1.82, 2.24) is 24.5 Å². The highest BCUT2D eigenvalue weighted by molar-refractivity contribution is 5.84. The fraction of sp³-hybridized carbons (Fsp3) is 0.500. The van der Waals surface area contributed by atoms with Crippen molar-refractivity contribution >= 4 is 35.5 Å². The van der Waals surface area contributed by atoms with Crippen LogP contribution in [0.1, 0.15) is 5.56 Å². The van der Waals surface area contributed by atoms with E-state index in [4.69, 9.17) is 18.9 Å². The fourth-order valence-corrected chi connectivity index (χ4v) is 5.24. The Balaban J connectivity index is 1.81. The van der Waals surface area contributed by atoms with E-state index in [0.29, 0.717) is 52.4 Å². The number of non-ortho nitro benzene ring substituents is 1. The Morgan fingerprint density at radius 1 is 0.627 bits per heavy atom. The van der Waals surface area contributed by atoms with Crippen molar-refractivity contribution in [3.8, 4) is 5.75 Å². The Hall–Kier alpha value is -4.97. The molecule has 0 atom stereocenters. The molecule has 51 heavy (non-hydrogen) atoms. The van der Waals surface area contributed by atoms with Gasteiger partial charge in [0.1, 0.15) is 12.3 Å². The van der Waals surface area contributed by atoms with E-state index in [1.165, 1.54) is 50.5 Å². The molecule has 17 nitrogen and oxygen atoms in total. The molecule has 1 amide bonds. The number of methoxy groups -OCH3 is 3. The lowest BCUT2D eigenvalue weighted by molar-refractivity contribution is -0.384. The van der Waals surface area contributed by atoms with E-state index in [1.807, 2.05) is 49.9 Å². The van der Waals surface area contributed by atoms with Gasteiger partial charge in [-0.15, -0.1) is 0 Å². The molecular formula is C34H46N6O11. The maximum Gasteiger partial charge on any atom is 0.331 e. The summed E-state index contributed by atoms with van der Waals surface area (Å²) in [6.07, 6.45) is 0. The minimum atomic E-state index is -0.730. The third kappa shape index (κ3) is 14.8. The highest BCUT2D eigenvalue weighted by Gasteiger charge is 2.25. The van der Waals surface area contributed by atoms with Gasteiger partial charge in [0.15, 0.2) is 0 Å². The van der Waals surface area contributed by atoms with Crippen molar-refractivity contribution in [2.24, 2.45) is 0 Å². The van der Waals surface area contributed by atoms with Crippen molar-refractivity contribution < 1.29 is 47.8 Å². The van der Waals surface area contributed by atoms with Gasteiger partial charge in [-0.3, -0.25) is 48.9 Å². The topological polar surface area (TPSA) is 182 Å². The van der Waals surface area contributed by atoms with Crippen LogP contribution in [0, 0.1) is 10.1 Å². The van der Waals surface area contributed by atoms with Crippen molar-refractivity contribution in [1.29, 1.82) is 0 Å². The first-order valence-corrected chi connectivity index (χ1v) is 16.4. The lowest BCUT2D eigenvalue weighted by Gasteiger charge is -2.34. The lowest BCUT2D eigenvalue weighted by Crippen LogP contribution is -2.50. The number of carbonyl (C=O) groups is 5. The number of rotatable bonds is 14. The van der Waals surface area contributed by atoms with E-state index in [0.717, 1.165) is 5.56 Å². The first kappa shape index (κ1) is 40.5. The number of ether oxygens (including phenoxy) is 4. The van der Waals surface area contributed by atoms with E-state index in [1.54, 1.807) is 0 Å². The van der Waals surface area contributed by atoms with Crippen LogP contribution in [0.2, 0.25) is 0 Å². The van der Waals surface area contributed by atoms with Crippen LogP contribution in [0.25, 0.3) is 0 Å². The maximum absolute atomic E-state index is 14.0. The van der Waals surface area contributed by atoms with E-state index in [2.05, 4.69) is 0 Å². The zero-order valence-electron chi connectivity index (χ0n) is 29.3. The second kappa shape index (κ2) is 21.3.